The van der Waals surface area contributed by atoms with Crippen molar-refractivity contribution in [3.8, 4) is 0 Å². The zero-order valence-electron chi connectivity index (χ0n) is 18.7. The van der Waals surface area contributed by atoms with E-state index in [0.717, 1.165) is 19.3 Å². The summed E-state index contributed by atoms with van der Waals surface area (Å²) in [6, 6.07) is -0.666. The molecule has 9 heteroatoms. The van der Waals surface area contributed by atoms with Crippen molar-refractivity contribution in [2.45, 2.75) is 89.8 Å². The first-order valence-electron chi connectivity index (χ1n) is 10.9. The Hall–Kier alpha value is -2.32. The van der Waals surface area contributed by atoms with Gasteiger partial charge in [-0.3, -0.25) is 19.3 Å². The van der Waals surface area contributed by atoms with E-state index in [1.807, 2.05) is 0 Å². The first kappa shape index (κ1) is 24.0. The first-order valence-corrected chi connectivity index (χ1v) is 10.9. The Morgan fingerprint density at radius 3 is 2.53 bits per heavy atom. The van der Waals surface area contributed by atoms with Crippen molar-refractivity contribution < 1.29 is 23.9 Å². The monoisotopic (exact) mass is 424 g/mol. The van der Waals surface area contributed by atoms with E-state index in [-0.39, 0.29) is 18.4 Å². The third-order valence-electron chi connectivity index (χ3n) is 5.60. The summed E-state index contributed by atoms with van der Waals surface area (Å²) in [5.74, 6) is -1.19. The Morgan fingerprint density at radius 2 is 1.93 bits per heavy atom. The van der Waals surface area contributed by atoms with Crippen LogP contribution in [0.5, 0.6) is 0 Å². The smallest absolute Gasteiger partial charge is 0.410 e. The second-order valence-electron chi connectivity index (χ2n) is 9.30. The number of unbranched alkanes of at least 4 members (excludes halogenated alkanes) is 2. The topological polar surface area (TPSA) is 122 Å². The molecule has 0 aromatic heterocycles. The van der Waals surface area contributed by atoms with Gasteiger partial charge in [-0.05, 0) is 46.5 Å². The number of carbonyl (C=O) groups is 4. The fraction of sp³-hybridized carbons (Fsp3) is 0.810. The molecule has 0 aromatic carbocycles. The Balaban J connectivity index is 2.15. The quantitative estimate of drug-likeness (QED) is 0.572. The SMILES string of the molecule is CCCCC[C@@]1(NC(=O)[C@@H]2CCCN2C(=O)OC(C)(C)C)CCN(CC(N)=O)C1=O. The van der Waals surface area contributed by atoms with Crippen LogP contribution in [0, 0.1) is 0 Å². The zero-order chi connectivity index (χ0) is 22.5. The Kier molecular flexibility index (Phi) is 7.71. The number of likely N-dealkylation sites (tertiary alicyclic amines) is 2. The van der Waals surface area contributed by atoms with E-state index in [0.29, 0.717) is 38.8 Å². The molecule has 2 saturated heterocycles. The van der Waals surface area contributed by atoms with Gasteiger partial charge in [0.25, 0.3) is 0 Å². The molecule has 30 heavy (non-hydrogen) atoms. The van der Waals surface area contributed by atoms with Gasteiger partial charge in [0.05, 0.1) is 6.54 Å². The molecular formula is C21H36N4O5. The molecule has 2 rings (SSSR count). The normalized spacial score (nSPS) is 24.3. The van der Waals surface area contributed by atoms with Crippen LogP contribution < -0.4 is 11.1 Å². The van der Waals surface area contributed by atoms with Crippen molar-refractivity contribution in [2.75, 3.05) is 19.6 Å². The number of nitrogens with one attached hydrogen (secondary N) is 1. The first-order chi connectivity index (χ1) is 14.0. The van der Waals surface area contributed by atoms with Gasteiger partial charge in [-0.1, -0.05) is 26.2 Å². The molecule has 2 aliphatic rings. The summed E-state index contributed by atoms with van der Waals surface area (Å²) in [4.78, 5) is 53.0. The van der Waals surface area contributed by atoms with Gasteiger partial charge in [-0.15, -0.1) is 0 Å². The van der Waals surface area contributed by atoms with Crippen molar-refractivity contribution in [3.05, 3.63) is 0 Å². The summed E-state index contributed by atoms with van der Waals surface area (Å²) >= 11 is 0. The van der Waals surface area contributed by atoms with Gasteiger partial charge in [0, 0.05) is 13.1 Å². The fourth-order valence-electron chi connectivity index (χ4n) is 4.16. The maximum atomic E-state index is 13.2. The predicted octanol–water partition coefficient (Wildman–Crippen LogP) is 1.54. The lowest BCUT2D eigenvalue weighted by Crippen LogP contribution is -2.59. The highest BCUT2D eigenvalue weighted by Gasteiger charge is 2.49. The highest BCUT2D eigenvalue weighted by Crippen LogP contribution is 2.30. The average molecular weight is 425 g/mol. The third-order valence-corrected chi connectivity index (χ3v) is 5.60. The van der Waals surface area contributed by atoms with Gasteiger partial charge >= 0.3 is 6.09 Å². The van der Waals surface area contributed by atoms with Gasteiger partial charge < -0.3 is 20.7 Å². The molecule has 0 aromatic rings. The van der Waals surface area contributed by atoms with Gasteiger partial charge in [0.1, 0.15) is 17.2 Å². The maximum Gasteiger partial charge on any atom is 0.410 e. The number of ether oxygens (including phenoxy) is 1. The zero-order valence-corrected chi connectivity index (χ0v) is 18.7. The number of primary amides is 1. The van der Waals surface area contributed by atoms with Crippen molar-refractivity contribution in [3.63, 3.8) is 0 Å². The van der Waals surface area contributed by atoms with E-state index in [4.69, 9.17) is 10.5 Å². The number of nitrogens with zero attached hydrogens (tertiary/aromatic N) is 2. The van der Waals surface area contributed by atoms with Crippen LogP contribution in [0.3, 0.4) is 0 Å². The van der Waals surface area contributed by atoms with Gasteiger partial charge in [0.2, 0.25) is 17.7 Å². The van der Waals surface area contributed by atoms with Crippen LogP contribution in [0.2, 0.25) is 0 Å². The number of carbonyl (C=O) groups excluding carboxylic acids is 4. The summed E-state index contributed by atoms with van der Waals surface area (Å²) in [7, 11) is 0. The molecule has 0 unspecified atom stereocenters. The third kappa shape index (κ3) is 5.86. The van der Waals surface area contributed by atoms with E-state index in [1.54, 1.807) is 20.8 Å². The molecule has 0 aliphatic carbocycles. The molecule has 3 N–H and O–H groups in total. The lowest BCUT2D eigenvalue weighted by atomic mass is 9.89. The average Bonchev–Trinajstić information content (AvgIpc) is 3.22. The van der Waals surface area contributed by atoms with E-state index in [9.17, 15) is 19.2 Å². The minimum absolute atomic E-state index is 0.155. The fourth-order valence-corrected chi connectivity index (χ4v) is 4.16. The summed E-state index contributed by atoms with van der Waals surface area (Å²) < 4.78 is 5.44. The van der Waals surface area contributed by atoms with Crippen LogP contribution in [0.1, 0.15) is 72.6 Å². The van der Waals surface area contributed by atoms with Crippen molar-refractivity contribution in [1.29, 1.82) is 0 Å². The summed E-state index contributed by atoms with van der Waals surface area (Å²) in [6.45, 7) is 8.07. The lowest BCUT2D eigenvalue weighted by molar-refractivity contribution is -0.140. The summed E-state index contributed by atoms with van der Waals surface area (Å²) in [5.41, 5.74) is 3.56. The van der Waals surface area contributed by atoms with Crippen LogP contribution in [0.25, 0.3) is 0 Å². The standard InChI is InChI=1S/C21H36N4O5/c1-5-6-7-10-21(11-13-24(18(21)28)14-16(22)26)23-17(27)15-9-8-12-25(15)19(29)30-20(2,3)4/h15H,5-14H2,1-4H3,(H2,22,26)(H,23,27)/t15-,21+/m0/s1. The molecule has 2 aliphatic heterocycles. The molecule has 4 amide bonds. The number of rotatable bonds is 8. The van der Waals surface area contributed by atoms with E-state index in [2.05, 4.69) is 12.2 Å². The molecule has 9 nitrogen and oxygen atoms in total. The second kappa shape index (κ2) is 9.66. The molecule has 0 saturated carbocycles. The summed E-state index contributed by atoms with van der Waals surface area (Å²) in [6.07, 6.45) is 4.33. The Bertz CT molecular complexity index is 675. The largest absolute Gasteiger partial charge is 0.444 e. The van der Waals surface area contributed by atoms with Gasteiger partial charge in [-0.2, -0.15) is 0 Å². The van der Waals surface area contributed by atoms with E-state index >= 15 is 0 Å². The van der Waals surface area contributed by atoms with Crippen molar-refractivity contribution >= 4 is 23.8 Å². The van der Waals surface area contributed by atoms with E-state index < -0.39 is 29.2 Å². The van der Waals surface area contributed by atoms with Crippen LogP contribution in [-0.2, 0) is 19.1 Å². The van der Waals surface area contributed by atoms with Crippen LogP contribution >= 0.6 is 0 Å². The van der Waals surface area contributed by atoms with E-state index in [1.165, 1.54) is 9.80 Å². The van der Waals surface area contributed by atoms with Crippen molar-refractivity contribution in [2.24, 2.45) is 5.73 Å². The molecule has 170 valence electrons. The molecule has 2 atom stereocenters. The molecular weight excluding hydrogens is 388 g/mol. The Morgan fingerprint density at radius 1 is 1.23 bits per heavy atom. The number of amides is 4. The Labute approximate surface area is 178 Å². The number of hydrogen-bond acceptors (Lipinski definition) is 5. The highest BCUT2D eigenvalue weighted by molar-refractivity contribution is 5.97. The molecule has 0 spiro atoms. The lowest BCUT2D eigenvalue weighted by Gasteiger charge is -2.33. The maximum absolute atomic E-state index is 13.2. The van der Waals surface area contributed by atoms with Gasteiger partial charge in [-0.25, -0.2) is 4.79 Å². The molecule has 2 heterocycles. The summed E-state index contributed by atoms with van der Waals surface area (Å²) in [5, 5.41) is 2.96. The van der Waals surface area contributed by atoms with Crippen molar-refractivity contribution in [1.82, 2.24) is 15.1 Å². The minimum Gasteiger partial charge on any atom is -0.444 e. The predicted molar refractivity (Wildman–Crippen MR) is 111 cm³/mol. The van der Waals surface area contributed by atoms with Gasteiger partial charge in [0.15, 0.2) is 0 Å². The number of hydrogen-bond donors (Lipinski definition) is 2. The minimum atomic E-state index is -1.05. The van der Waals surface area contributed by atoms with Crippen LogP contribution in [0.4, 0.5) is 4.79 Å². The second-order valence-corrected chi connectivity index (χ2v) is 9.30. The van der Waals surface area contributed by atoms with Crippen LogP contribution in [-0.4, -0.2) is 70.4 Å². The molecule has 0 bridgehead atoms. The number of nitrogens with two attached hydrogens (primary N) is 1. The van der Waals surface area contributed by atoms with Crippen LogP contribution in [0.15, 0.2) is 0 Å². The molecule has 0 radical (unpaired) electrons. The molecule has 2 fully saturated rings. The highest BCUT2D eigenvalue weighted by atomic mass is 16.6.